The lowest BCUT2D eigenvalue weighted by atomic mass is 10.1. The Morgan fingerprint density at radius 1 is 1.08 bits per heavy atom. The summed E-state index contributed by atoms with van der Waals surface area (Å²) in [5, 5.41) is 9.80. The first-order valence-corrected chi connectivity index (χ1v) is 7.85. The summed E-state index contributed by atoms with van der Waals surface area (Å²) >= 11 is 0. The number of pyridine rings is 1. The Kier molecular flexibility index (Phi) is 4.64. The molecule has 2 aromatic heterocycles. The normalized spacial score (nSPS) is 10.7. The summed E-state index contributed by atoms with van der Waals surface area (Å²) in [6.07, 6.45) is 0.563. The van der Waals surface area contributed by atoms with Crippen LogP contribution in [-0.2, 0) is 4.84 Å². The Morgan fingerprint density at radius 2 is 1.77 bits per heavy atom. The molecule has 0 saturated heterocycles. The van der Waals surface area contributed by atoms with Gasteiger partial charge in [-0.2, -0.15) is 5.06 Å². The van der Waals surface area contributed by atoms with Crippen molar-refractivity contribution in [3.05, 3.63) is 65.5 Å². The number of carbonyl (C=O) groups is 2. The average molecular weight is 354 g/mol. The maximum absolute atomic E-state index is 13.1. The zero-order valence-corrected chi connectivity index (χ0v) is 14.6. The number of hydroxylamine groups is 1. The number of hydrogen-bond donors (Lipinski definition) is 1. The number of methoxy groups -OCH3 is 1. The van der Waals surface area contributed by atoms with Crippen LogP contribution in [0.25, 0.3) is 5.52 Å². The number of benzene rings is 1. The number of anilines is 1. The van der Waals surface area contributed by atoms with E-state index in [-0.39, 0.29) is 5.78 Å². The zero-order valence-electron chi connectivity index (χ0n) is 14.6. The van der Waals surface area contributed by atoms with E-state index in [2.05, 4.69) is 0 Å². The van der Waals surface area contributed by atoms with Gasteiger partial charge in [-0.25, -0.2) is 4.79 Å². The van der Waals surface area contributed by atoms with Gasteiger partial charge in [-0.15, -0.1) is 0 Å². The predicted octanol–water partition coefficient (Wildman–Crippen LogP) is 3.53. The summed E-state index contributed by atoms with van der Waals surface area (Å²) in [6, 6.07) is 11.8. The van der Waals surface area contributed by atoms with Gasteiger partial charge in [-0.3, -0.25) is 9.63 Å². The van der Waals surface area contributed by atoms with Crippen molar-refractivity contribution in [2.75, 3.05) is 19.3 Å². The molecule has 0 bridgehead atoms. The lowest BCUT2D eigenvalue weighted by Crippen LogP contribution is -2.27. The van der Waals surface area contributed by atoms with Crippen LogP contribution in [0.4, 0.5) is 10.5 Å². The van der Waals surface area contributed by atoms with Crippen LogP contribution in [0, 0.1) is 6.92 Å². The minimum Gasteiger partial charge on any atom is -0.494 e. The topological polar surface area (TPSA) is 80.5 Å². The van der Waals surface area contributed by atoms with Crippen LogP contribution < -0.4 is 9.80 Å². The number of ether oxygens (including phenoxy) is 1. The van der Waals surface area contributed by atoms with E-state index in [0.29, 0.717) is 22.7 Å². The van der Waals surface area contributed by atoms with Gasteiger partial charge in [0.2, 0.25) is 5.78 Å². The fourth-order valence-corrected chi connectivity index (χ4v) is 3.02. The van der Waals surface area contributed by atoms with Crippen molar-refractivity contribution in [2.24, 2.45) is 0 Å². The molecule has 1 amide bonds. The molecule has 7 heteroatoms. The maximum Gasteiger partial charge on any atom is 0.436 e. The Hall–Kier alpha value is -3.32. The summed E-state index contributed by atoms with van der Waals surface area (Å²) in [6.45, 7) is 1.84. The molecule has 0 aliphatic rings. The number of hydrogen-bond acceptors (Lipinski definition) is 4. The molecule has 3 rings (SSSR count). The second-order valence-corrected chi connectivity index (χ2v) is 5.60. The van der Waals surface area contributed by atoms with Gasteiger partial charge in [0, 0.05) is 17.3 Å². The molecule has 0 aliphatic carbocycles. The number of nitrogens with zero attached hydrogens (tertiary/aromatic N) is 2. The van der Waals surface area contributed by atoms with E-state index in [1.807, 2.05) is 31.3 Å². The molecule has 134 valence electrons. The second kappa shape index (κ2) is 6.89. The van der Waals surface area contributed by atoms with Gasteiger partial charge in [0.1, 0.15) is 11.4 Å². The smallest absolute Gasteiger partial charge is 0.436 e. The van der Waals surface area contributed by atoms with Crippen LogP contribution in [0.15, 0.2) is 48.7 Å². The number of rotatable bonds is 5. The van der Waals surface area contributed by atoms with Gasteiger partial charge in [0.25, 0.3) is 0 Å². The van der Waals surface area contributed by atoms with Crippen LogP contribution in [0.1, 0.15) is 21.6 Å². The number of fused-ring (bicyclic) bond motifs is 1. The van der Waals surface area contributed by atoms with Crippen molar-refractivity contribution >= 4 is 23.1 Å². The van der Waals surface area contributed by atoms with Gasteiger partial charge in [-0.1, -0.05) is 6.07 Å². The molecule has 2 heterocycles. The molecule has 7 nitrogen and oxygen atoms in total. The third-order valence-electron chi connectivity index (χ3n) is 4.17. The molecule has 3 aromatic rings. The van der Waals surface area contributed by atoms with Gasteiger partial charge >= 0.3 is 6.09 Å². The predicted molar refractivity (Wildman–Crippen MR) is 96.1 cm³/mol. The van der Waals surface area contributed by atoms with Crippen LogP contribution >= 0.6 is 0 Å². The number of carbonyl (C=O) groups excluding carboxylic acids is 1. The van der Waals surface area contributed by atoms with Gasteiger partial charge in [0.15, 0.2) is 0 Å². The van der Waals surface area contributed by atoms with Crippen LogP contribution in [0.3, 0.4) is 0 Å². The minimum atomic E-state index is -1.25. The molecule has 0 spiro atoms. The van der Waals surface area contributed by atoms with Crippen molar-refractivity contribution in [1.29, 1.82) is 0 Å². The molecule has 0 fully saturated rings. The monoisotopic (exact) mass is 354 g/mol. The maximum atomic E-state index is 13.1. The van der Waals surface area contributed by atoms with Crippen LogP contribution in [-0.4, -0.2) is 35.6 Å². The van der Waals surface area contributed by atoms with Crippen LogP contribution in [0.2, 0.25) is 0 Å². The molecule has 1 aromatic carbocycles. The van der Waals surface area contributed by atoms with Crippen molar-refractivity contribution in [2.45, 2.75) is 6.92 Å². The largest absolute Gasteiger partial charge is 0.494 e. The van der Waals surface area contributed by atoms with Crippen molar-refractivity contribution in [3.8, 4) is 5.75 Å². The van der Waals surface area contributed by atoms with E-state index in [1.165, 1.54) is 19.2 Å². The summed E-state index contributed by atoms with van der Waals surface area (Å²) in [5.41, 5.74) is 2.81. The third kappa shape index (κ3) is 2.78. The molecule has 0 unspecified atom stereocenters. The molecular formula is C19H18N2O5. The third-order valence-corrected chi connectivity index (χ3v) is 4.17. The van der Waals surface area contributed by atoms with Crippen molar-refractivity contribution in [3.63, 3.8) is 0 Å². The lowest BCUT2D eigenvalue weighted by molar-refractivity contribution is 0.103. The van der Waals surface area contributed by atoms with Gasteiger partial charge in [0.05, 0.1) is 25.4 Å². The van der Waals surface area contributed by atoms with Crippen molar-refractivity contribution in [1.82, 2.24) is 4.40 Å². The minimum absolute atomic E-state index is 0.183. The first kappa shape index (κ1) is 17.5. The van der Waals surface area contributed by atoms with Crippen LogP contribution in [0.5, 0.6) is 5.75 Å². The van der Waals surface area contributed by atoms with E-state index in [9.17, 15) is 9.59 Å². The molecule has 0 atom stereocenters. The Morgan fingerprint density at radius 3 is 2.35 bits per heavy atom. The zero-order chi connectivity index (χ0) is 18.8. The molecule has 1 N–H and O–H groups in total. The SMILES string of the molecule is COc1c(C)c(C(=O)c2ccc(N(OC)C(=O)O)cc2)n2ccccc12. The number of aromatic nitrogens is 1. The average Bonchev–Trinajstić information content (AvgIpc) is 2.93. The Bertz CT molecular complexity index is 976. The van der Waals surface area contributed by atoms with E-state index in [0.717, 1.165) is 16.1 Å². The molecule has 0 radical (unpaired) electrons. The lowest BCUT2D eigenvalue weighted by Gasteiger charge is -2.15. The molecular weight excluding hydrogens is 336 g/mol. The summed E-state index contributed by atoms with van der Waals surface area (Å²) in [5.74, 6) is 0.472. The highest BCUT2D eigenvalue weighted by Gasteiger charge is 2.22. The fourth-order valence-electron chi connectivity index (χ4n) is 3.02. The number of ketones is 1. The fraction of sp³-hybridized carbons (Fsp3) is 0.158. The van der Waals surface area contributed by atoms with Gasteiger partial charge in [-0.05, 0) is 43.3 Å². The Labute approximate surface area is 149 Å². The summed E-state index contributed by atoms with van der Waals surface area (Å²) in [7, 11) is 2.83. The second-order valence-electron chi connectivity index (χ2n) is 5.60. The summed E-state index contributed by atoms with van der Waals surface area (Å²) in [4.78, 5) is 29.0. The Balaban J connectivity index is 2.04. The van der Waals surface area contributed by atoms with E-state index >= 15 is 0 Å². The number of amides is 1. The van der Waals surface area contributed by atoms with E-state index in [4.69, 9.17) is 14.7 Å². The van der Waals surface area contributed by atoms with E-state index < -0.39 is 6.09 Å². The highest BCUT2D eigenvalue weighted by Crippen LogP contribution is 2.31. The molecule has 0 saturated carbocycles. The molecule has 26 heavy (non-hydrogen) atoms. The molecule has 0 aliphatic heterocycles. The number of carboxylic acid groups (broad SMARTS) is 1. The summed E-state index contributed by atoms with van der Waals surface area (Å²) < 4.78 is 7.25. The first-order chi connectivity index (χ1) is 12.5. The quantitative estimate of drug-likeness (QED) is 0.560. The van der Waals surface area contributed by atoms with Crippen molar-refractivity contribution < 1.29 is 24.3 Å². The van der Waals surface area contributed by atoms with E-state index in [1.54, 1.807) is 23.6 Å². The first-order valence-electron chi connectivity index (χ1n) is 7.85. The highest BCUT2D eigenvalue weighted by molar-refractivity contribution is 6.10. The standard InChI is InChI=1S/C19H18N2O5/c1-12-16(20-11-5-4-6-15(20)18(12)25-2)17(22)13-7-9-14(10-8-13)21(26-3)19(23)24/h4-11H,1-3H3,(H,23,24). The highest BCUT2D eigenvalue weighted by atomic mass is 16.7. The van der Waals surface area contributed by atoms with Gasteiger partial charge < -0.3 is 14.2 Å².